The topological polar surface area (TPSA) is 78.9 Å². The van der Waals surface area contributed by atoms with Crippen molar-refractivity contribution in [2.24, 2.45) is 5.92 Å². The minimum absolute atomic E-state index is 0.0620. The highest BCUT2D eigenvalue weighted by Crippen LogP contribution is 2.18. The minimum atomic E-state index is -0.761. The van der Waals surface area contributed by atoms with Gasteiger partial charge in [-0.3, -0.25) is 14.4 Å². The van der Waals surface area contributed by atoms with Crippen LogP contribution < -0.4 is 0 Å². The Balaban J connectivity index is 4.30. The number of hydrogen-bond acceptors (Lipinski definition) is 6. The predicted molar refractivity (Wildman–Crippen MR) is 270 cm³/mol. The lowest BCUT2D eigenvalue weighted by molar-refractivity contribution is -0.167. The molecule has 0 fully saturated rings. The smallest absolute Gasteiger partial charge is 0.306 e. The molecule has 0 unspecified atom stereocenters. The fraction of sp³-hybridized carbons (Fsp3) is 0.947. The van der Waals surface area contributed by atoms with Gasteiger partial charge in [-0.05, 0) is 25.2 Å². The molecule has 0 radical (unpaired) electrons. The Kier molecular flexibility index (Phi) is 50.1. The van der Waals surface area contributed by atoms with Crippen LogP contribution in [0.4, 0.5) is 0 Å². The van der Waals surface area contributed by atoms with Crippen LogP contribution in [0.3, 0.4) is 0 Å². The molecule has 0 N–H and O–H groups in total. The molecule has 0 amide bonds. The van der Waals surface area contributed by atoms with Gasteiger partial charge in [-0.25, -0.2) is 0 Å². The Hall–Kier alpha value is -1.59. The molecule has 6 heteroatoms. The van der Waals surface area contributed by atoms with E-state index >= 15 is 0 Å². The standard InChI is InChI=1S/C57H110O6/c1-5-7-9-11-13-15-17-19-21-22-24-30-34-38-42-46-50-57(60)63-54(51-61-55(58)48-44-40-36-32-28-23-20-18-16-14-12-10-8-6-2)52-62-56(59)49-45-41-37-33-29-26-25-27-31-35-39-43-47-53(3)4/h53-54H,5-52H2,1-4H3/t54-/m0/s1. The summed E-state index contributed by atoms with van der Waals surface area (Å²) >= 11 is 0. The van der Waals surface area contributed by atoms with E-state index in [1.165, 1.54) is 218 Å². The average molecular weight is 892 g/mol. The van der Waals surface area contributed by atoms with Gasteiger partial charge in [0.1, 0.15) is 13.2 Å². The Bertz CT molecular complexity index is 949. The van der Waals surface area contributed by atoms with E-state index in [9.17, 15) is 14.4 Å². The Labute approximate surface area is 393 Å². The third-order valence-corrected chi connectivity index (χ3v) is 13.0. The summed E-state index contributed by atoms with van der Waals surface area (Å²) in [6.07, 6.45) is 55.1. The maximum absolute atomic E-state index is 12.8. The zero-order valence-corrected chi connectivity index (χ0v) is 43.0. The van der Waals surface area contributed by atoms with E-state index in [1.807, 2.05) is 0 Å². The van der Waals surface area contributed by atoms with Crippen molar-refractivity contribution in [1.29, 1.82) is 0 Å². The second-order valence-corrected chi connectivity index (χ2v) is 20.1. The number of ether oxygens (including phenoxy) is 3. The SMILES string of the molecule is CCCCCCCCCCCCCCCCCCC(=O)O[C@@H](COC(=O)CCCCCCCCCCCCCCCC)COC(=O)CCCCCCCCCCCCCCC(C)C. The molecular weight excluding hydrogens is 781 g/mol. The molecule has 0 aromatic carbocycles. The van der Waals surface area contributed by atoms with Crippen LogP contribution in [0, 0.1) is 5.92 Å². The second-order valence-electron chi connectivity index (χ2n) is 20.1. The summed E-state index contributed by atoms with van der Waals surface area (Å²) in [5.41, 5.74) is 0. The maximum atomic E-state index is 12.8. The van der Waals surface area contributed by atoms with E-state index in [2.05, 4.69) is 27.7 Å². The number of hydrogen-bond donors (Lipinski definition) is 0. The van der Waals surface area contributed by atoms with Crippen LogP contribution in [0.25, 0.3) is 0 Å². The van der Waals surface area contributed by atoms with E-state index in [-0.39, 0.29) is 31.1 Å². The summed E-state index contributed by atoms with van der Waals surface area (Å²) in [6, 6.07) is 0. The first-order valence-corrected chi connectivity index (χ1v) is 28.4. The molecule has 1 atom stereocenters. The van der Waals surface area contributed by atoms with Crippen molar-refractivity contribution in [2.45, 2.75) is 329 Å². The van der Waals surface area contributed by atoms with Gasteiger partial charge in [-0.1, -0.05) is 285 Å². The molecule has 0 heterocycles. The third-order valence-electron chi connectivity index (χ3n) is 13.0. The van der Waals surface area contributed by atoms with Gasteiger partial charge >= 0.3 is 17.9 Å². The number of rotatable bonds is 52. The fourth-order valence-corrected chi connectivity index (χ4v) is 8.75. The first-order valence-electron chi connectivity index (χ1n) is 28.4. The molecule has 0 aromatic heterocycles. The zero-order valence-electron chi connectivity index (χ0n) is 43.0. The molecule has 0 aliphatic rings. The van der Waals surface area contributed by atoms with Crippen molar-refractivity contribution >= 4 is 17.9 Å². The number of carbonyl (C=O) groups is 3. The van der Waals surface area contributed by atoms with Crippen LogP contribution in [0.2, 0.25) is 0 Å². The normalized spacial score (nSPS) is 12.0. The first-order chi connectivity index (χ1) is 30.9. The van der Waals surface area contributed by atoms with Gasteiger partial charge in [0.25, 0.3) is 0 Å². The van der Waals surface area contributed by atoms with Crippen molar-refractivity contribution in [1.82, 2.24) is 0 Å². The molecule has 0 rings (SSSR count). The maximum Gasteiger partial charge on any atom is 0.306 e. The fourth-order valence-electron chi connectivity index (χ4n) is 8.75. The lowest BCUT2D eigenvalue weighted by Gasteiger charge is -2.18. The average Bonchev–Trinajstić information content (AvgIpc) is 3.27. The quantitative estimate of drug-likeness (QED) is 0.0344. The van der Waals surface area contributed by atoms with E-state index in [0.29, 0.717) is 19.3 Å². The highest BCUT2D eigenvalue weighted by molar-refractivity contribution is 5.71. The van der Waals surface area contributed by atoms with Crippen LogP contribution in [-0.2, 0) is 28.6 Å². The monoisotopic (exact) mass is 891 g/mol. The van der Waals surface area contributed by atoms with Crippen molar-refractivity contribution in [3.63, 3.8) is 0 Å². The minimum Gasteiger partial charge on any atom is -0.462 e. The van der Waals surface area contributed by atoms with Gasteiger partial charge in [0.2, 0.25) is 0 Å². The molecule has 374 valence electrons. The Morgan fingerprint density at radius 1 is 0.302 bits per heavy atom. The van der Waals surface area contributed by atoms with Crippen LogP contribution in [0.15, 0.2) is 0 Å². The lowest BCUT2D eigenvalue weighted by atomic mass is 10.0. The third kappa shape index (κ3) is 51.3. The molecule has 0 saturated heterocycles. The van der Waals surface area contributed by atoms with E-state index < -0.39 is 6.10 Å². The number of unbranched alkanes of at least 4 members (excludes halogenated alkanes) is 39. The second kappa shape index (κ2) is 51.4. The summed E-state index contributed by atoms with van der Waals surface area (Å²) < 4.78 is 16.9. The number of carbonyl (C=O) groups excluding carboxylic acids is 3. The summed E-state index contributed by atoms with van der Waals surface area (Å²) in [5.74, 6) is -0.00249. The molecule has 0 aromatic rings. The van der Waals surface area contributed by atoms with Crippen LogP contribution in [0.5, 0.6) is 0 Å². The Morgan fingerprint density at radius 2 is 0.524 bits per heavy atom. The molecule has 6 nitrogen and oxygen atoms in total. The molecule has 0 aliphatic heterocycles. The summed E-state index contributed by atoms with van der Waals surface area (Å²) in [7, 11) is 0. The van der Waals surface area contributed by atoms with Crippen LogP contribution in [-0.4, -0.2) is 37.2 Å². The van der Waals surface area contributed by atoms with Gasteiger partial charge < -0.3 is 14.2 Å². The van der Waals surface area contributed by atoms with Crippen molar-refractivity contribution in [2.75, 3.05) is 13.2 Å². The van der Waals surface area contributed by atoms with Crippen molar-refractivity contribution in [3.8, 4) is 0 Å². The Morgan fingerprint density at radius 3 is 0.778 bits per heavy atom. The predicted octanol–water partition coefficient (Wildman–Crippen LogP) is 18.6. The molecular formula is C57H110O6. The van der Waals surface area contributed by atoms with E-state index in [1.54, 1.807) is 0 Å². The zero-order chi connectivity index (χ0) is 45.9. The van der Waals surface area contributed by atoms with Gasteiger partial charge in [0.05, 0.1) is 0 Å². The van der Waals surface area contributed by atoms with Gasteiger partial charge in [0.15, 0.2) is 6.10 Å². The van der Waals surface area contributed by atoms with E-state index in [4.69, 9.17) is 14.2 Å². The molecule has 0 aliphatic carbocycles. The largest absolute Gasteiger partial charge is 0.462 e. The molecule has 0 saturated carbocycles. The van der Waals surface area contributed by atoms with E-state index in [0.717, 1.165) is 63.7 Å². The summed E-state index contributed by atoms with van der Waals surface area (Å²) in [5, 5.41) is 0. The molecule has 0 spiro atoms. The highest BCUT2D eigenvalue weighted by atomic mass is 16.6. The lowest BCUT2D eigenvalue weighted by Crippen LogP contribution is -2.30. The van der Waals surface area contributed by atoms with Crippen LogP contribution >= 0.6 is 0 Å². The van der Waals surface area contributed by atoms with Crippen molar-refractivity contribution in [3.05, 3.63) is 0 Å². The van der Waals surface area contributed by atoms with Crippen molar-refractivity contribution < 1.29 is 28.6 Å². The first kappa shape index (κ1) is 61.4. The summed E-state index contributed by atoms with van der Waals surface area (Å²) in [4.78, 5) is 38.1. The van der Waals surface area contributed by atoms with Crippen LogP contribution in [0.1, 0.15) is 323 Å². The van der Waals surface area contributed by atoms with Gasteiger partial charge in [0, 0.05) is 19.3 Å². The summed E-state index contributed by atoms with van der Waals surface area (Å²) in [6.45, 7) is 9.05. The van der Waals surface area contributed by atoms with Gasteiger partial charge in [-0.15, -0.1) is 0 Å². The number of esters is 3. The van der Waals surface area contributed by atoms with Gasteiger partial charge in [-0.2, -0.15) is 0 Å². The highest BCUT2D eigenvalue weighted by Gasteiger charge is 2.19. The molecule has 63 heavy (non-hydrogen) atoms. The molecule has 0 bridgehead atoms.